The molecule has 1 atom stereocenters. The molecule has 1 saturated heterocycles. The van der Waals surface area contributed by atoms with Crippen LogP contribution in [-0.2, 0) is 13.1 Å². The van der Waals surface area contributed by atoms with Crippen molar-refractivity contribution >= 4 is 22.2 Å². The van der Waals surface area contributed by atoms with Gasteiger partial charge in [0.1, 0.15) is 0 Å². The zero-order chi connectivity index (χ0) is 20.4. The fourth-order valence-corrected chi connectivity index (χ4v) is 4.86. The molecule has 7 heteroatoms. The summed E-state index contributed by atoms with van der Waals surface area (Å²) in [7, 11) is 0. The molecular weight excluding hydrogens is 380 g/mol. The highest BCUT2D eigenvalue weighted by Gasteiger charge is 2.24. The quantitative estimate of drug-likeness (QED) is 0.632. The van der Waals surface area contributed by atoms with Gasteiger partial charge < -0.3 is 5.32 Å². The van der Waals surface area contributed by atoms with Gasteiger partial charge in [-0.3, -0.25) is 14.6 Å². The predicted octanol–water partition coefficient (Wildman–Crippen LogP) is 4.80. The fourth-order valence-electron chi connectivity index (χ4n) is 4.15. The molecule has 4 rings (SSSR count). The third-order valence-electron chi connectivity index (χ3n) is 5.67. The maximum Gasteiger partial charge on any atom is 0.187 e. The van der Waals surface area contributed by atoms with Crippen molar-refractivity contribution in [2.75, 3.05) is 18.4 Å². The van der Waals surface area contributed by atoms with E-state index in [4.69, 9.17) is 4.98 Å². The lowest BCUT2D eigenvalue weighted by molar-refractivity contribution is 0.198. The number of pyridine rings is 1. The van der Waals surface area contributed by atoms with Crippen LogP contribution >= 0.6 is 11.3 Å². The zero-order valence-electron chi connectivity index (χ0n) is 17.8. The van der Waals surface area contributed by atoms with Gasteiger partial charge in [-0.2, -0.15) is 5.10 Å². The highest BCUT2D eigenvalue weighted by atomic mass is 32.1. The fraction of sp³-hybridized carbons (Fsp3) is 0.500. The molecule has 4 heterocycles. The van der Waals surface area contributed by atoms with Crippen LogP contribution in [0, 0.1) is 20.8 Å². The smallest absolute Gasteiger partial charge is 0.187 e. The van der Waals surface area contributed by atoms with Crippen molar-refractivity contribution in [1.29, 1.82) is 0 Å². The second-order valence-electron chi connectivity index (χ2n) is 7.99. The van der Waals surface area contributed by atoms with Crippen molar-refractivity contribution in [3.8, 4) is 0 Å². The van der Waals surface area contributed by atoms with Gasteiger partial charge in [0.2, 0.25) is 0 Å². The number of likely N-dealkylation sites (tertiary alicyclic amines) is 1. The molecule has 3 aromatic heterocycles. The van der Waals surface area contributed by atoms with Gasteiger partial charge in [-0.25, -0.2) is 4.98 Å². The van der Waals surface area contributed by atoms with Crippen LogP contribution in [-0.4, -0.2) is 37.7 Å². The van der Waals surface area contributed by atoms with Crippen molar-refractivity contribution in [3.05, 3.63) is 52.0 Å². The van der Waals surface area contributed by atoms with E-state index in [2.05, 4.69) is 63.3 Å². The van der Waals surface area contributed by atoms with E-state index in [0.29, 0.717) is 5.92 Å². The van der Waals surface area contributed by atoms with Crippen LogP contribution in [0.2, 0.25) is 0 Å². The maximum absolute atomic E-state index is 4.88. The topological polar surface area (TPSA) is 58.9 Å². The molecule has 0 radical (unpaired) electrons. The number of anilines is 2. The number of hydrogen-bond donors (Lipinski definition) is 1. The van der Waals surface area contributed by atoms with Crippen molar-refractivity contribution in [1.82, 2.24) is 24.6 Å². The highest BCUT2D eigenvalue weighted by Crippen LogP contribution is 2.30. The van der Waals surface area contributed by atoms with Crippen LogP contribution in [0.4, 0.5) is 10.8 Å². The summed E-state index contributed by atoms with van der Waals surface area (Å²) in [6, 6.07) is 4.31. The molecule has 0 saturated carbocycles. The molecule has 0 spiro atoms. The third kappa shape index (κ3) is 4.67. The lowest BCUT2D eigenvalue weighted by atomic mass is 9.93. The minimum Gasteiger partial charge on any atom is -0.331 e. The molecule has 29 heavy (non-hydrogen) atoms. The minimum atomic E-state index is 0.462. The van der Waals surface area contributed by atoms with Gasteiger partial charge in [0.15, 0.2) is 5.13 Å². The number of piperidine rings is 1. The van der Waals surface area contributed by atoms with Crippen LogP contribution in [0.1, 0.15) is 54.0 Å². The second-order valence-corrected chi connectivity index (χ2v) is 8.84. The number of aromatic nitrogens is 4. The summed E-state index contributed by atoms with van der Waals surface area (Å²) in [4.78, 5) is 12.0. The third-order valence-corrected chi connectivity index (χ3v) is 6.54. The standard InChI is InChI=1S/C22H30N6S/c1-5-28-17(4)19(11-23-28)13-27-8-6-7-18(12-27)21-10-20(9-15(2)24-21)26-22-25-16(3)14-29-22/h9-11,14,18H,5-8,12-13H2,1-4H3,(H,24,25,26). The molecule has 1 fully saturated rings. The van der Waals surface area contributed by atoms with Crippen LogP contribution in [0.3, 0.4) is 0 Å². The van der Waals surface area contributed by atoms with Gasteiger partial charge in [-0.15, -0.1) is 11.3 Å². The predicted molar refractivity (Wildman–Crippen MR) is 119 cm³/mol. The average molecular weight is 411 g/mol. The first-order chi connectivity index (χ1) is 14.0. The summed E-state index contributed by atoms with van der Waals surface area (Å²) in [6.07, 6.45) is 4.43. The van der Waals surface area contributed by atoms with Crippen LogP contribution in [0.25, 0.3) is 0 Å². The largest absolute Gasteiger partial charge is 0.331 e. The van der Waals surface area contributed by atoms with E-state index in [-0.39, 0.29) is 0 Å². The molecule has 3 aromatic rings. The van der Waals surface area contributed by atoms with Gasteiger partial charge in [0.25, 0.3) is 0 Å². The zero-order valence-corrected chi connectivity index (χ0v) is 18.6. The SMILES string of the molecule is CCn1ncc(CN2CCCC(c3cc(Nc4nc(C)cs4)cc(C)n3)C2)c1C. The number of nitrogens with zero attached hydrogens (tertiary/aromatic N) is 5. The average Bonchev–Trinajstić information content (AvgIpc) is 3.27. The van der Waals surface area contributed by atoms with E-state index < -0.39 is 0 Å². The number of nitrogens with one attached hydrogen (secondary N) is 1. The summed E-state index contributed by atoms with van der Waals surface area (Å²) in [5.74, 6) is 0.462. The van der Waals surface area contributed by atoms with Crippen molar-refractivity contribution in [3.63, 3.8) is 0 Å². The number of rotatable bonds is 6. The van der Waals surface area contributed by atoms with E-state index in [0.717, 1.165) is 48.4 Å². The molecule has 0 amide bonds. The van der Waals surface area contributed by atoms with Crippen LogP contribution < -0.4 is 5.32 Å². The molecule has 0 bridgehead atoms. The lowest BCUT2D eigenvalue weighted by Crippen LogP contribution is -2.34. The Labute approximate surface area is 177 Å². The maximum atomic E-state index is 4.88. The first-order valence-corrected chi connectivity index (χ1v) is 11.3. The number of aryl methyl sites for hydroxylation is 3. The van der Waals surface area contributed by atoms with Crippen molar-refractivity contribution in [2.45, 2.75) is 59.5 Å². The van der Waals surface area contributed by atoms with Crippen molar-refractivity contribution < 1.29 is 0 Å². The Bertz CT molecular complexity index is 976. The summed E-state index contributed by atoms with van der Waals surface area (Å²) in [5, 5.41) is 11.0. The van der Waals surface area contributed by atoms with Crippen LogP contribution in [0.15, 0.2) is 23.7 Å². The minimum absolute atomic E-state index is 0.462. The molecule has 1 N–H and O–H groups in total. The summed E-state index contributed by atoms with van der Waals surface area (Å²) >= 11 is 1.64. The molecule has 6 nitrogen and oxygen atoms in total. The Morgan fingerprint density at radius 1 is 1.17 bits per heavy atom. The summed E-state index contributed by atoms with van der Waals surface area (Å²) in [6.45, 7) is 12.5. The first kappa shape index (κ1) is 20.0. The number of hydrogen-bond acceptors (Lipinski definition) is 6. The monoisotopic (exact) mass is 410 g/mol. The Hall–Kier alpha value is -2.25. The molecule has 0 aliphatic carbocycles. The van der Waals surface area contributed by atoms with Gasteiger partial charge in [-0.1, -0.05) is 0 Å². The van der Waals surface area contributed by atoms with E-state index in [9.17, 15) is 0 Å². The number of thiazole rings is 1. The van der Waals surface area contributed by atoms with Gasteiger partial charge in [-0.05, 0) is 59.2 Å². The molecule has 154 valence electrons. The van der Waals surface area contributed by atoms with E-state index in [1.807, 2.05) is 13.1 Å². The summed E-state index contributed by atoms with van der Waals surface area (Å²) < 4.78 is 2.08. The molecule has 1 unspecified atom stereocenters. The van der Waals surface area contributed by atoms with E-state index in [1.165, 1.54) is 29.8 Å². The van der Waals surface area contributed by atoms with Gasteiger partial charge in [0.05, 0.1) is 11.9 Å². The summed E-state index contributed by atoms with van der Waals surface area (Å²) in [5.41, 5.74) is 6.99. The van der Waals surface area contributed by atoms with Gasteiger partial charge >= 0.3 is 0 Å². The molecular formula is C22H30N6S. The normalized spacial score (nSPS) is 17.6. The van der Waals surface area contributed by atoms with E-state index >= 15 is 0 Å². The Balaban J connectivity index is 1.48. The Morgan fingerprint density at radius 3 is 2.76 bits per heavy atom. The Morgan fingerprint density at radius 2 is 2.03 bits per heavy atom. The molecule has 1 aliphatic heterocycles. The first-order valence-electron chi connectivity index (χ1n) is 10.4. The molecule has 0 aromatic carbocycles. The van der Waals surface area contributed by atoms with Crippen LogP contribution in [0.5, 0.6) is 0 Å². The van der Waals surface area contributed by atoms with E-state index in [1.54, 1.807) is 11.3 Å². The second kappa shape index (κ2) is 8.63. The molecule has 1 aliphatic rings. The Kier molecular flexibility index (Phi) is 5.96. The van der Waals surface area contributed by atoms with Crippen molar-refractivity contribution in [2.24, 2.45) is 0 Å². The highest BCUT2D eigenvalue weighted by molar-refractivity contribution is 7.13. The lowest BCUT2D eigenvalue weighted by Gasteiger charge is -2.32. The van der Waals surface area contributed by atoms with Gasteiger partial charge in [0, 0.05) is 59.3 Å².